The van der Waals surface area contributed by atoms with E-state index in [4.69, 9.17) is 23.2 Å². The predicted octanol–water partition coefficient (Wildman–Crippen LogP) is 3.22. The van der Waals surface area contributed by atoms with Crippen LogP contribution in [-0.2, 0) is 24.8 Å². The highest BCUT2D eigenvalue weighted by atomic mass is 35.5. The third-order valence-electron chi connectivity index (χ3n) is 8.06. The van der Waals surface area contributed by atoms with Crippen LogP contribution in [0.4, 0.5) is 0 Å². The summed E-state index contributed by atoms with van der Waals surface area (Å²) in [6.07, 6.45) is 8.41. The van der Waals surface area contributed by atoms with Gasteiger partial charge in [-0.3, -0.25) is 9.59 Å². The van der Waals surface area contributed by atoms with Crippen molar-refractivity contribution in [3.8, 4) is 11.8 Å². The standard InChI is InChI=1S/C27H24Cl2N6O4S/c28-20-11-18(34-10-9-31-16-34)2-3-22(20)40(38,39)19-12-21(24(36)33-26(15-30)5-6-26)35(14-19)25(37)27(7-8-27)17-1-4-23(29)32-13-17/h1-4,9-11,13,16,19,21H,5-8,12,14H2,(H,33,36). The number of nitrogens with one attached hydrogen (secondary N) is 1. The molecule has 1 N–H and O–H groups in total. The number of hydrogen-bond acceptors (Lipinski definition) is 7. The van der Waals surface area contributed by atoms with Crippen molar-refractivity contribution < 1.29 is 18.0 Å². The van der Waals surface area contributed by atoms with Gasteiger partial charge in [-0.05, 0) is 61.9 Å². The molecular formula is C27H24Cl2N6O4S. The number of amides is 2. The molecule has 13 heteroatoms. The van der Waals surface area contributed by atoms with Gasteiger partial charge in [0.15, 0.2) is 9.84 Å². The molecule has 0 spiro atoms. The number of rotatable bonds is 7. The van der Waals surface area contributed by atoms with E-state index < -0.39 is 38.0 Å². The van der Waals surface area contributed by atoms with E-state index in [1.807, 2.05) is 0 Å². The van der Waals surface area contributed by atoms with E-state index in [2.05, 4.69) is 21.4 Å². The topological polar surface area (TPSA) is 138 Å². The molecule has 2 atom stereocenters. The van der Waals surface area contributed by atoms with Crippen molar-refractivity contribution in [2.75, 3.05) is 6.54 Å². The Labute approximate surface area is 240 Å². The SMILES string of the molecule is N#CC1(NC(=O)C2CC(S(=O)(=O)c3ccc(-n4ccnc4)cc3Cl)CN2C(=O)C2(c3ccc(Cl)nc3)CC2)CC1. The molecule has 3 fully saturated rings. The largest absolute Gasteiger partial charge is 0.336 e. The zero-order chi connectivity index (χ0) is 28.3. The fourth-order valence-corrected chi connectivity index (χ4v) is 7.71. The quantitative estimate of drug-likeness (QED) is 0.412. The van der Waals surface area contributed by atoms with Gasteiger partial charge in [-0.25, -0.2) is 18.4 Å². The number of nitrogens with zero attached hydrogens (tertiary/aromatic N) is 5. The number of imidazole rings is 1. The first-order valence-electron chi connectivity index (χ1n) is 12.8. The molecule has 6 rings (SSSR count). The molecule has 3 heterocycles. The maximum atomic E-state index is 14.0. The summed E-state index contributed by atoms with van der Waals surface area (Å²) in [6.45, 7) is -0.179. The minimum Gasteiger partial charge on any atom is -0.336 e. The van der Waals surface area contributed by atoms with Gasteiger partial charge in [0.2, 0.25) is 11.8 Å². The minimum atomic E-state index is -4.04. The Morgan fingerprint density at radius 1 is 1.12 bits per heavy atom. The Hall–Kier alpha value is -3.46. The molecule has 1 saturated heterocycles. The summed E-state index contributed by atoms with van der Waals surface area (Å²) in [5, 5.41) is 11.5. The molecular weight excluding hydrogens is 575 g/mol. The molecule has 3 aromatic rings. The number of carbonyl (C=O) groups excluding carboxylic acids is 2. The third kappa shape index (κ3) is 4.54. The van der Waals surface area contributed by atoms with Crippen molar-refractivity contribution in [1.82, 2.24) is 24.8 Å². The van der Waals surface area contributed by atoms with Gasteiger partial charge in [-0.15, -0.1) is 0 Å². The van der Waals surface area contributed by atoms with Gasteiger partial charge in [0, 0.05) is 30.8 Å². The zero-order valence-electron chi connectivity index (χ0n) is 21.1. The maximum Gasteiger partial charge on any atom is 0.244 e. The van der Waals surface area contributed by atoms with Gasteiger partial charge in [0.25, 0.3) is 0 Å². The molecule has 10 nitrogen and oxygen atoms in total. The lowest BCUT2D eigenvalue weighted by molar-refractivity contribution is -0.140. The third-order valence-corrected chi connectivity index (χ3v) is 10.9. The summed E-state index contributed by atoms with van der Waals surface area (Å²) in [5.74, 6) is -0.866. The average molecular weight is 599 g/mol. The summed E-state index contributed by atoms with van der Waals surface area (Å²) < 4.78 is 29.4. The van der Waals surface area contributed by atoms with E-state index in [-0.39, 0.29) is 28.8 Å². The van der Waals surface area contributed by atoms with Gasteiger partial charge in [-0.1, -0.05) is 29.3 Å². The first-order valence-corrected chi connectivity index (χ1v) is 15.1. The number of nitriles is 1. The monoisotopic (exact) mass is 598 g/mol. The summed E-state index contributed by atoms with van der Waals surface area (Å²) in [5.41, 5.74) is -0.556. The molecule has 2 saturated carbocycles. The molecule has 3 aliphatic rings. The van der Waals surface area contributed by atoms with Crippen molar-refractivity contribution in [3.63, 3.8) is 0 Å². The Morgan fingerprint density at radius 3 is 2.48 bits per heavy atom. The number of hydrogen-bond donors (Lipinski definition) is 1. The Balaban J connectivity index is 1.32. The van der Waals surface area contributed by atoms with Crippen molar-refractivity contribution in [1.29, 1.82) is 5.26 Å². The van der Waals surface area contributed by atoms with Crippen molar-refractivity contribution in [3.05, 3.63) is 71.0 Å². The van der Waals surface area contributed by atoms with Gasteiger partial charge >= 0.3 is 0 Å². The van der Waals surface area contributed by atoms with Crippen molar-refractivity contribution >= 4 is 44.9 Å². The second kappa shape index (κ2) is 9.58. The van der Waals surface area contributed by atoms with Crippen molar-refractivity contribution in [2.45, 2.75) is 59.2 Å². The molecule has 0 bridgehead atoms. The molecule has 1 aromatic carbocycles. The summed E-state index contributed by atoms with van der Waals surface area (Å²) >= 11 is 12.4. The first kappa shape index (κ1) is 26.7. The lowest BCUT2D eigenvalue weighted by atomic mass is 9.95. The molecule has 2 amide bonds. The summed E-state index contributed by atoms with van der Waals surface area (Å²) in [4.78, 5) is 36.9. The van der Waals surface area contributed by atoms with Crippen LogP contribution in [0.25, 0.3) is 5.69 Å². The van der Waals surface area contributed by atoms with Crippen LogP contribution in [0.15, 0.2) is 60.1 Å². The van der Waals surface area contributed by atoms with Gasteiger partial charge in [-0.2, -0.15) is 5.26 Å². The Bertz CT molecular complexity index is 1640. The highest BCUT2D eigenvalue weighted by molar-refractivity contribution is 7.92. The smallest absolute Gasteiger partial charge is 0.244 e. The number of sulfone groups is 1. The highest BCUT2D eigenvalue weighted by Gasteiger charge is 2.58. The van der Waals surface area contributed by atoms with Crippen LogP contribution in [0.5, 0.6) is 0 Å². The lowest BCUT2D eigenvalue weighted by Gasteiger charge is -2.29. The van der Waals surface area contributed by atoms with Gasteiger partial charge in [0.05, 0.1) is 33.0 Å². The van der Waals surface area contributed by atoms with Crippen LogP contribution in [0.1, 0.15) is 37.7 Å². The molecule has 2 aromatic heterocycles. The van der Waals surface area contributed by atoms with E-state index in [1.165, 1.54) is 17.0 Å². The minimum absolute atomic E-state index is 0.0318. The van der Waals surface area contributed by atoms with E-state index in [9.17, 15) is 23.3 Å². The van der Waals surface area contributed by atoms with E-state index in [0.717, 1.165) is 0 Å². The molecule has 1 aliphatic heterocycles. The molecule has 0 radical (unpaired) electrons. The van der Waals surface area contributed by atoms with Crippen LogP contribution < -0.4 is 5.32 Å². The predicted molar refractivity (Wildman–Crippen MR) is 146 cm³/mol. The maximum absolute atomic E-state index is 14.0. The molecule has 206 valence electrons. The van der Waals surface area contributed by atoms with E-state index in [1.54, 1.807) is 47.7 Å². The van der Waals surface area contributed by atoms with Gasteiger partial charge < -0.3 is 14.8 Å². The number of benzene rings is 1. The summed E-state index contributed by atoms with van der Waals surface area (Å²) in [6, 6.07) is 8.99. The Morgan fingerprint density at radius 2 is 1.90 bits per heavy atom. The van der Waals surface area contributed by atoms with Crippen molar-refractivity contribution in [2.24, 2.45) is 0 Å². The van der Waals surface area contributed by atoms with Gasteiger partial charge in [0.1, 0.15) is 16.7 Å². The van der Waals surface area contributed by atoms with Crippen LogP contribution in [-0.4, -0.2) is 63.0 Å². The van der Waals surface area contributed by atoms with E-state index >= 15 is 0 Å². The molecule has 2 aliphatic carbocycles. The average Bonchev–Trinajstić information content (AvgIpc) is 3.78. The van der Waals surface area contributed by atoms with E-state index in [0.29, 0.717) is 42.1 Å². The fourth-order valence-electron chi connectivity index (χ4n) is 5.36. The molecule has 40 heavy (non-hydrogen) atoms. The van der Waals surface area contributed by atoms with Crippen LogP contribution in [0.3, 0.4) is 0 Å². The normalized spacial score (nSPS) is 22.4. The lowest BCUT2D eigenvalue weighted by Crippen LogP contribution is -2.51. The molecule has 2 unspecified atom stereocenters. The number of carbonyl (C=O) groups is 2. The highest BCUT2D eigenvalue weighted by Crippen LogP contribution is 2.51. The first-order chi connectivity index (χ1) is 19.1. The fraction of sp³-hybridized carbons (Fsp3) is 0.370. The second-order valence-electron chi connectivity index (χ2n) is 10.6. The number of halogens is 2. The van der Waals surface area contributed by atoms with Crippen LogP contribution in [0, 0.1) is 11.3 Å². The van der Waals surface area contributed by atoms with Crippen LogP contribution >= 0.6 is 23.2 Å². The number of pyridine rings is 1. The Kier molecular flexibility index (Phi) is 6.40. The number of likely N-dealkylation sites (tertiary alicyclic amines) is 1. The summed E-state index contributed by atoms with van der Waals surface area (Å²) in [7, 11) is -4.04. The number of aromatic nitrogens is 3. The zero-order valence-corrected chi connectivity index (χ0v) is 23.5. The second-order valence-corrected chi connectivity index (χ2v) is 13.6. The van der Waals surface area contributed by atoms with Crippen LogP contribution in [0.2, 0.25) is 10.2 Å².